The third kappa shape index (κ3) is 2.64. The fourth-order valence-corrected chi connectivity index (χ4v) is 3.42. The molecular weight excluding hydrogens is 298 g/mol. The maximum Gasteiger partial charge on any atom is 0.261 e. The summed E-state index contributed by atoms with van der Waals surface area (Å²) >= 11 is 0. The third-order valence-electron chi connectivity index (χ3n) is 4.61. The Labute approximate surface area is 141 Å². The van der Waals surface area contributed by atoms with Crippen LogP contribution in [0, 0.1) is 0 Å². The van der Waals surface area contributed by atoms with Gasteiger partial charge >= 0.3 is 0 Å². The van der Waals surface area contributed by atoms with E-state index in [1.165, 1.54) is 12.0 Å². The lowest BCUT2D eigenvalue weighted by Crippen LogP contribution is -2.29. The second-order valence-electron chi connectivity index (χ2n) is 6.35. The average molecular weight is 318 g/mol. The minimum Gasteiger partial charge on any atom is -0.321 e. The van der Waals surface area contributed by atoms with Crippen LogP contribution in [-0.4, -0.2) is 10.9 Å². The van der Waals surface area contributed by atoms with E-state index in [1.54, 1.807) is 0 Å². The molecule has 3 aromatic rings. The highest BCUT2D eigenvalue weighted by molar-refractivity contribution is 6.09. The molecule has 0 saturated heterocycles. The number of hydrogen-bond acceptors (Lipinski definition) is 2. The number of rotatable bonds is 2. The van der Waals surface area contributed by atoms with Crippen LogP contribution < -0.4 is 9.88 Å². The Hall–Kier alpha value is -2.75. The van der Waals surface area contributed by atoms with Crippen molar-refractivity contribution in [3.63, 3.8) is 0 Å². The van der Waals surface area contributed by atoms with Crippen molar-refractivity contribution in [2.24, 2.45) is 7.05 Å². The van der Waals surface area contributed by atoms with Crippen molar-refractivity contribution in [3.8, 4) is 0 Å². The normalized spacial score (nSPS) is 13.5. The Morgan fingerprint density at radius 1 is 1.12 bits per heavy atom. The first-order chi connectivity index (χ1) is 11.7. The van der Waals surface area contributed by atoms with Gasteiger partial charge in [-0.2, -0.15) is 0 Å². The molecule has 1 aliphatic carbocycles. The molecule has 4 heteroatoms. The van der Waals surface area contributed by atoms with Crippen LogP contribution in [0.5, 0.6) is 0 Å². The zero-order valence-electron chi connectivity index (χ0n) is 13.7. The van der Waals surface area contributed by atoms with E-state index in [1.807, 2.05) is 60.4 Å². The molecule has 2 aromatic heterocycles. The lowest BCUT2D eigenvalue weighted by Gasteiger charge is -2.21. The van der Waals surface area contributed by atoms with Crippen LogP contribution in [0.4, 0.5) is 5.69 Å². The first-order valence-corrected chi connectivity index (χ1v) is 8.39. The van der Waals surface area contributed by atoms with E-state index in [4.69, 9.17) is 4.98 Å². The van der Waals surface area contributed by atoms with Crippen LogP contribution in [0.25, 0.3) is 10.9 Å². The van der Waals surface area contributed by atoms with Gasteiger partial charge in [-0.3, -0.25) is 9.78 Å². The summed E-state index contributed by atoms with van der Waals surface area (Å²) in [6.45, 7) is 0. The smallest absolute Gasteiger partial charge is 0.261 e. The van der Waals surface area contributed by atoms with Crippen molar-refractivity contribution < 1.29 is 9.36 Å². The van der Waals surface area contributed by atoms with E-state index in [9.17, 15) is 4.79 Å². The molecule has 1 amide bonds. The number of aromatic nitrogens is 2. The molecule has 0 radical (unpaired) electrons. The maximum absolute atomic E-state index is 12.8. The average Bonchev–Trinajstić information content (AvgIpc) is 2.61. The van der Waals surface area contributed by atoms with Gasteiger partial charge in [-0.25, -0.2) is 4.57 Å². The first kappa shape index (κ1) is 14.8. The highest BCUT2D eigenvalue weighted by Crippen LogP contribution is 2.33. The van der Waals surface area contributed by atoms with Crippen LogP contribution >= 0.6 is 0 Å². The molecule has 4 rings (SSSR count). The molecule has 0 aliphatic heterocycles. The largest absolute Gasteiger partial charge is 0.321 e. The Morgan fingerprint density at radius 2 is 1.96 bits per heavy atom. The molecule has 0 spiro atoms. The van der Waals surface area contributed by atoms with E-state index in [0.717, 1.165) is 41.5 Å². The van der Waals surface area contributed by atoms with Gasteiger partial charge in [0.25, 0.3) is 5.91 Å². The number of carbonyl (C=O) groups excluding carboxylic acids is 1. The highest BCUT2D eigenvalue weighted by Gasteiger charge is 2.20. The molecule has 1 aromatic carbocycles. The van der Waals surface area contributed by atoms with Crippen LogP contribution in [0.2, 0.25) is 0 Å². The topological polar surface area (TPSA) is 45.9 Å². The van der Waals surface area contributed by atoms with Gasteiger partial charge in [-0.1, -0.05) is 18.2 Å². The van der Waals surface area contributed by atoms with Gasteiger partial charge in [0.05, 0.1) is 11.2 Å². The minimum atomic E-state index is -0.0738. The fraction of sp³-hybridized carbons (Fsp3) is 0.250. The zero-order chi connectivity index (χ0) is 16.5. The first-order valence-electron chi connectivity index (χ1n) is 8.39. The quantitative estimate of drug-likeness (QED) is 0.738. The summed E-state index contributed by atoms with van der Waals surface area (Å²) in [6.07, 6.45) is 8.04. The zero-order valence-corrected chi connectivity index (χ0v) is 13.7. The summed E-state index contributed by atoms with van der Waals surface area (Å²) in [5, 5.41) is 4.18. The Morgan fingerprint density at radius 3 is 2.83 bits per heavy atom. The van der Waals surface area contributed by atoms with Crippen molar-refractivity contribution in [1.82, 2.24) is 4.98 Å². The second kappa shape index (κ2) is 6.04. The van der Waals surface area contributed by atoms with Crippen molar-refractivity contribution >= 4 is 22.5 Å². The van der Waals surface area contributed by atoms with Crippen LogP contribution in [-0.2, 0) is 19.9 Å². The number of para-hydroxylation sites is 1. The molecule has 24 heavy (non-hydrogen) atoms. The summed E-state index contributed by atoms with van der Waals surface area (Å²) in [5.41, 5.74) is 4.88. The highest BCUT2D eigenvalue weighted by atomic mass is 16.1. The molecule has 1 aliphatic rings. The Bertz CT molecular complexity index is 933. The summed E-state index contributed by atoms with van der Waals surface area (Å²) in [4.78, 5) is 17.6. The fourth-order valence-electron chi connectivity index (χ4n) is 3.42. The SMILES string of the molecule is C[n+]1cccc(C(=O)Nc2c3c(nc4ccccc24)CCCC3)c1. The molecule has 0 unspecified atom stereocenters. The Kier molecular flexibility index (Phi) is 3.73. The van der Waals surface area contributed by atoms with Crippen LogP contribution in [0.15, 0.2) is 48.8 Å². The molecule has 0 bridgehead atoms. The summed E-state index contributed by atoms with van der Waals surface area (Å²) in [5.74, 6) is -0.0738. The number of fused-ring (bicyclic) bond motifs is 2. The minimum absolute atomic E-state index is 0.0738. The monoisotopic (exact) mass is 318 g/mol. The molecule has 0 saturated carbocycles. The van der Waals surface area contributed by atoms with Gasteiger partial charge in [0.1, 0.15) is 12.6 Å². The molecule has 0 fully saturated rings. The number of anilines is 1. The number of nitrogens with one attached hydrogen (secondary N) is 1. The van der Waals surface area contributed by atoms with Crippen LogP contribution in [0.3, 0.4) is 0 Å². The van der Waals surface area contributed by atoms with Crippen molar-refractivity contribution in [1.29, 1.82) is 0 Å². The van der Waals surface area contributed by atoms with E-state index in [2.05, 4.69) is 5.32 Å². The summed E-state index contributed by atoms with van der Waals surface area (Å²) in [7, 11) is 1.92. The molecule has 2 heterocycles. The second-order valence-corrected chi connectivity index (χ2v) is 6.35. The maximum atomic E-state index is 12.8. The molecule has 4 nitrogen and oxygen atoms in total. The molecule has 0 atom stereocenters. The predicted molar refractivity (Wildman–Crippen MR) is 94.0 cm³/mol. The Balaban J connectivity index is 1.81. The van der Waals surface area contributed by atoms with Gasteiger partial charge in [0, 0.05) is 17.1 Å². The van der Waals surface area contributed by atoms with Gasteiger partial charge in [-0.05, 0) is 43.4 Å². The van der Waals surface area contributed by atoms with Gasteiger partial charge in [0.15, 0.2) is 12.4 Å². The lowest BCUT2D eigenvalue weighted by atomic mass is 9.92. The van der Waals surface area contributed by atoms with E-state index in [0.29, 0.717) is 5.56 Å². The van der Waals surface area contributed by atoms with Gasteiger partial charge in [0.2, 0.25) is 0 Å². The number of aryl methyl sites for hydroxylation is 2. The number of nitrogens with zero attached hydrogens (tertiary/aromatic N) is 2. The van der Waals surface area contributed by atoms with E-state index < -0.39 is 0 Å². The molecule has 120 valence electrons. The number of benzene rings is 1. The van der Waals surface area contributed by atoms with Crippen molar-refractivity contribution in [2.45, 2.75) is 25.7 Å². The predicted octanol–water partition coefficient (Wildman–Crippen LogP) is 3.19. The van der Waals surface area contributed by atoms with Gasteiger partial charge < -0.3 is 5.32 Å². The van der Waals surface area contributed by atoms with Crippen molar-refractivity contribution in [2.75, 3.05) is 5.32 Å². The van der Waals surface area contributed by atoms with E-state index in [-0.39, 0.29) is 5.91 Å². The number of hydrogen-bond donors (Lipinski definition) is 1. The van der Waals surface area contributed by atoms with Crippen molar-refractivity contribution in [3.05, 3.63) is 65.6 Å². The van der Waals surface area contributed by atoms with Gasteiger partial charge in [-0.15, -0.1) is 0 Å². The number of pyridine rings is 2. The number of carbonyl (C=O) groups is 1. The third-order valence-corrected chi connectivity index (χ3v) is 4.61. The number of amides is 1. The molecule has 1 N–H and O–H groups in total. The van der Waals surface area contributed by atoms with E-state index >= 15 is 0 Å². The molecular formula is C20H20N3O+. The lowest BCUT2D eigenvalue weighted by molar-refractivity contribution is -0.671. The van der Waals surface area contributed by atoms with Crippen LogP contribution in [0.1, 0.15) is 34.5 Å². The summed E-state index contributed by atoms with van der Waals surface area (Å²) < 4.78 is 1.88. The summed E-state index contributed by atoms with van der Waals surface area (Å²) in [6, 6.07) is 11.8. The standard InChI is InChI=1S/C20H19N3O/c1-23-12-6-7-14(13-23)20(24)22-19-15-8-2-4-10-17(15)21-18-11-5-3-9-16(18)19/h2,4,6-8,10,12-13H,3,5,9,11H2,1H3/p+1.